The van der Waals surface area contributed by atoms with Gasteiger partial charge in [-0.25, -0.2) is 0 Å². The maximum Gasteiger partial charge on any atom is 0.223 e. The molecule has 0 aromatic heterocycles. The molecule has 1 aliphatic carbocycles. The van der Waals surface area contributed by atoms with Gasteiger partial charge in [0.2, 0.25) is 5.91 Å². The summed E-state index contributed by atoms with van der Waals surface area (Å²) >= 11 is 5.85. The van der Waals surface area contributed by atoms with E-state index in [1.807, 2.05) is 18.2 Å². The van der Waals surface area contributed by atoms with E-state index in [-0.39, 0.29) is 17.2 Å². The molecule has 0 aliphatic heterocycles. The number of nitrogens with one attached hydrogen (secondary N) is 1. The molecule has 1 N–H and O–H groups in total. The second-order valence-electron chi connectivity index (χ2n) is 5.88. The molecule has 2 rings (SSSR count). The van der Waals surface area contributed by atoms with Gasteiger partial charge < -0.3 is 5.32 Å². The van der Waals surface area contributed by atoms with Crippen molar-refractivity contribution in [3.63, 3.8) is 0 Å². The molecular formula is C15H20ClNO. The third-order valence-electron chi connectivity index (χ3n) is 3.46. The summed E-state index contributed by atoms with van der Waals surface area (Å²) in [4.78, 5) is 12.0. The maximum absolute atomic E-state index is 12.0. The van der Waals surface area contributed by atoms with Gasteiger partial charge in [0.1, 0.15) is 0 Å². The minimum absolute atomic E-state index is 0.0334. The van der Waals surface area contributed by atoms with E-state index in [1.165, 1.54) is 5.56 Å². The summed E-state index contributed by atoms with van der Waals surface area (Å²) in [5, 5.41) is 3.01. The Morgan fingerprint density at radius 3 is 2.67 bits per heavy atom. The molecule has 0 heterocycles. The van der Waals surface area contributed by atoms with Crippen LogP contribution < -0.4 is 5.32 Å². The minimum atomic E-state index is -0.0334. The SMILES string of the molecule is CC(C)(CCl)CNC(=O)C1CC1c1ccccc1. The Balaban J connectivity index is 1.83. The summed E-state index contributed by atoms with van der Waals surface area (Å²) in [6.45, 7) is 4.76. The van der Waals surface area contributed by atoms with Gasteiger partial charge in [0, 0.05) is 18.3 Å². The van der Waals surface area contributed by atoms with Crippen molar-refractivity contribution in [2.24, 2.45) is 11.3 Å². The molecule has 2 unspecified atom stereocenters. The van der Waals surface area contributed by atoms with E-state index in [9.17, 15) is 4.79 Å². The molecule has 3 heteroatoms. The highest BCUT2D eigenvalue weighted by atomic mass is 35.5. The quantitative estimate of drug-likeness (QED) is 0.814. The lowest BCUT2D eigenvalue weighted by Gasteiger charge is -2.21. The van der Waals surface area contributed by atoms with Gasteiger partial charge in [-0.2, -0.15) is 0 Å². The van der Waals surface area contributed by atoms with Crippen LogP contribution in [0.15, 0.2) is 30.3 Å². The maximum atomic E-state index is 12.0. The predicted octanol–water partition coefficient (Wildman–Crippen LogP) is 3.17. The fourth-order valence-electron chi connectivity index (χ4n) is 2.06. The van der Waals surface area contributed by atoms with Gasteiger partial charge in [0.15, 0.2) is 0 Å². The van der Waals surface area contributed by atoms with Gasteiger partial charge in [-0.1, -0.05) is 44.2 Å². The van der Waals surface area contributed by atoms with Crippen LogP contribution in [0.1, 0.15) is 31.7 Å². The first kappa shape index (κ1) is 13.4. The Bertz CT molecular complexity index is 416. The van der Waals surface area contributed by atoms with E-state index in [2.05, 4.69) is 31.3 Å². The number of carbonyl (C=O) groups excluding carboxylic acids is 1. The number of amides is 1. The van der Waals surface area contributed by atoms with Crippen molar-refractivity contribution in [2.45, 2.75) is 26.2 Å². The number of halogens is 1. The Labute approximate surface area is 114 Å². The smallest absolute Gasteiger partial charge is 0.223 e. The average molecular weight is 266 g/mol. The molecule has 1 aromatic carbocycles. The molecule has 1 fully saturated rings. The summed E-state index contributed by atoms with van der Waals surface area (Å²) < 4.78 is 0. The normalized spacial score (nSPS) is 22.6. The molecule has 0 bridgehead atoms. The number of rotatable bonds is 5. The van der Waals surface area contributed by atoms with Crippen LogP contribution in [0.3, 0.4) is 0 Å². The molecule has 0 radical (unpaired) electrons. The molecule has 1 amide bonds. The Kier molecular flexibility index (Phi) is 3.96. The number of hydrogen-bond acceptors (Lipinski definition) is 1. The first-order valence-corrected chi connectivity index (χ1v) is 6.95. The zero-order valence-electron chi connectivity index (χ0n) is 10.9. The number of alkyl halides is 1. The largest absolute Gasteiger partial charge is 0.355 e. The van der Waals surface area contributed by atoms with E-state index >= 15 is 0 Å². The summed E-state index contributed by atoms with van der Waals surface area (Å²) in [7, 11) is 0. The van der Waals surface area contributed by atoms with Crippen molar-refractivity contribution >= 4 is 17.5 Å². The van der Waals surface area contributed by atoms with Crippen LogP contribution in [-0.2, 0) is 4.79 Å². The van der Waals surface area contributed by atoms with E-state index in [0.717, 1.165) is 6.42 Å². The fraction of sp³-hybridized carbons (Fsp3) is 0.533. The van der Waals surface area contributed by atoms with Crippen LogP contribution in [0.5, 0.6) is 0 Å². The predicted molar refractivity (Wildman–Crippen MR) is 74.8 cm³/mol. The second kappa shape index (κ2) is 5.31. The van der Waals surface area contributed by atoms with Crippen LogP contribution >= 0.6 is 11.6 Å². The molecule has 1 saturated carbocycles. The average Bonchev–Trinajstić information content (AvgIpc) is 3.17. The molecule has 1 aromatic rings. The fourth-order valence-corrected chi connectivity index (χ4v) is 2.15. The first-order valence-electron chi connectivity index (χ1n) is 6.42. The summed E-state index contributed by atoms with van der Waals surface area (Å²) in [5.41, 5.74) is 1.24. The highest BCUT2D eigenvalue weighted by Gasteiger charge is 2.43. The van der Waals surface area contributed by atoms with Crippen molar-refractivity contribution in [3.8, 4) is 0 Å². The highest BCUT2D eigenvalue weighted by Crippen LogP contribution is 2.47. The standard InChI is InChI=1S/C15H20ClNO/c1-15(2,9-16)10-17-14(18)13-8-12(13)11-6-4-3-5-7-11/h3-7,12-13H,8-10H2,1-2H3,(H,17,18). The number of carbonyl (C=O) groups is 1. The van der Waals surface area contributed by atoms with Gasteiger partial charge in [0.25, 0.3) is 0 Å². The molecule has 1 aliphatic rings. The van der Waals surface area contributed by atoms with E-state index in [0.29, 0.717) is 18.3 Å². The lowest BCUT2D eigenvalue weighted by atomic mass is 9.96. The monoisotopic (exact) mass is 265 g/mol. The van der Waals surface area contributed by atoms with Crippen LogP contribution in [0.2, 0.25) is 0 Å². The second-order valence-corrected chi connectivity index (χ2v) is 6.14. The van der Waals surface area contributed by atoms with Crippen LogP contribution in [0.4, 0.5) is 0 Å². The summed E-state index contributed by atoms with van der Waals surface area (Å²) in [6.07, 6.45) is 0.969. The molecule has 0 spiro atoms. The molecular weight excluding hydrogens is 246 g/mol. The van der Waals surface area contributed by atoms with Gasteiger partial charge in [0.05, 0.1) is 0 Å². The van der Waals surface area contributed by atoms with Gasteiger partial charge >= 0.3 is 0 Å². The topological polar surface area (TPSA) is 29.1 Å². The van der Waals surface area contributed by atoms with Crippen molar-refractivity contribution in [1.29, 1.82) is 0 Å². The van der Waals surface area contributed by atoms with Crippen molar-refractivity contribution in [2.75, 3.05) is 12.4 Å². The van der Waals surface area contributed by atoms with Crippen LogP contribution in [0.25, 0.3) is 0 Å². The van der Waals surface area contributed by atoms with E-state index < -0.39 is 0 Å². The zero-order chi connectivity index (χ0) is 13.2. The van der Waals surface area contributed by atoms with Crippen LogP contribution in [-0.4, -0.2) is 18.3 Å². The minimum Gasteiger partial charge on any atom is -0.355 e. The van der Waals surface area contributed by atoms with Crippen molar-refractivity contribution < 1.29 is 4.79 Å². The Hall–Kier alpha value is -1.02. The molecule has 98 valence electrons. The van der Waals surface area contributed by atoms with Gasteiger partial charge in [-0.15, -0.1) is 11.6 Å². The van der Waals surface area contributed by atoms with E-state index in [1.54, 1.807) is 0 Å². The number of hydrogen-bond donors (Lipinski definition) is 1. The zero-order valence-corrected chi connectivity index (χ0v) is 11.7. The summed E-state index contributed by atoms with van der Waals surface area (Å²) in [6, 6.07) is 10.3. The highest BCUT2D eigenvalue weighted by molar-refractivity contribution is 6.18. The Morgan fingerprint density at radius 2 is 2.06 bits per heavy atom. The molecule has 18 heavy (non-hydrogen) atoms. The lowest BCUT2D eigenvalue weighted by molar-refractivity contribution is -0.122. The van der Waals surface area contributed by atoms with Crippen molar-refractivity contribution in [1.82, 2.24) is 5.32 Å². The van der Waals surface area contributed by atoms with E-state index in [4.69, 9.17) is 11.6 Å². The lowest BCUT2D eigenvalue weighted by Crippen LogP contribution is -2.36. The Morgan fingerprint density at radius 1 is 1.39 bits per heavy atom. The van der Waals surface area contributed by atoms with Gasteiger partial charge in [-0.3, -0.25) is 4.79 Å². The first-order chi connectivity index (χ1) is 8.53. The molecule has 2 atom stereocenters. The molecule has 2 nitrogen and oxygen atoms in total. The number of benzene rings is 1. The third-order valence-corrected chi connectivity index (χ3v) is 4.18. The van der Waals surface area contributed by atoms with Crippen molar-refractivity contribution in [3.05, 3.63) is 35.9 Å². The summed E-state index contributed by atoms with van der Waals surface area (Å²) in [5.74, 6) is 1.28. The van der Waals surface area contributed by atoms with Crippen LogP contribution in [0, 0.1) is 11.3 Å². The van der Waals surface area contributed by atoms with Gasteiger partial charge in [-0.05, 0) is 23.3 Å². The third kappa shape index (κ3) is 3.26. The molecule has 0 saturated heterocycles.